The number of Topliss-reactive ketones (excluding diaryl/α,β-unsaturated/α-hetero) is 1. The second kappa shape index (κ2) is 6.79. The molecule has 3 nitrogen and oxygen atoms in total. The minimum atomic E-state index is -0.404. The van der Waals surface area contributed by atoms with Gasteiger partial charge >= 0.3 is 5.97 Å². The molecule has 0 radical (unpaired) electrons. The number of hydrogen-bond acceptors (Lipinski definition) is 3. The van der Waals surface area contributed by atoms with E-state index in [1.807, 2.05) is 0 Å². The highest BCUT2D eigenvalue weighted by molar-refractivity contribution is 5.89. The largest absolute Gasteiger partial charge is 0.465 e. The van der Waals surface area contributed by atoms with Crippen LogP contribution in [0.3, 0.4) is 0 Å². The van der Waals surface area contributed by atoms with Crippen LogP contribution in [-0.4, -0.2) is 18.9 Å². The van der Waals surface area contributed by atoms with E-state index in [0.717, 1.165) is 11.1 Å². The molecule has 0 heterocycles. The van der Waals surface area contributed by atoms with Crippen molar-refractivity contribution >= 4 is 11.8 Å². The van der Waals surface area contributed by atoms with Crippen molar-refractivity contribution in [1.82, 2.24) is 0 Å². The quantitative estimate of drug-likeness (QED) is 0.794. The van der Waals surface area contributed by atoms with E-state index in [1.54, 1.807) is 36.4 Å². The maximum atomic E-state index is 12.8. The highest BCUT2D eigenvalue weighted by Gasteiger charge is 2.08. The van der Waals surface area contributed by atoms with Crippen LogP contribution in [0.25, 0.3) is 0 Å². The average molecular weight is 286 g/mol. The fourth-order valence-corrected chi connectivity index (χ4v) is 2.00. The second-order valence-corrected chi connectivity index (χ2v) is 4.71. The van der Waals surface area contributed by atoms with Crippen molar-refractivity contribution in [2.45, 2.75) is 12.8 Å². The number of rotatable bonds is 5. The lowest BCUT2D eigenvalue weighted by Gasteiger charge is -2.04. The molecule has 2 aromatic rings. The van der Waals surface area contributed by atoms with Crippen LogP contribution in [0.4, 0.5) is 4.39 Å². The summed E-state index contributed by atoms with van der Waals surface area (Å²) in [5.41, 5.74) is 2.06. The minimum absolute atomic E-state index is 0.0347. The number of benzene rings is 2. The summed E-state index contributed by atoms with van der Waals surface area (Å²) in [6, 6.07) is 12.6. The van der Waals surface area contributed by atoms with Crippen LogP contribution in [-0.2, 0) is 22.4 Å². The number of halogens is 1. The molecule has 0 spiro atoms. The Kier molecular flexibility index (Phi) is 4.82. The number of ether oxygens (including phenoxy) is 1. The SMILES string of the molecule is COC(=O)c1ccc(CC(=O)Cc2ccc(F)cc2)cc1. The first-order valence-corrected chi connectivity index (χ1v) is 6.52. The highest BCUT2D eigenvalue weighted by atomic mass is 19.1. The zero-order valence-electron chi connectivity index (χ0n) is 11.6. The number of carbonyl (C=O) groups is 2. The maximum Gasteiger partial charge on any atom is 0.337 e. The molecule has 0 unspecified atom stereocenters. The van der Waals surface area contributed by atoms with Crippen LogP contribution in [0.5, 0.6) is 0 Å². The number of carbonyl (C=O) groups excluding carboxylic acids is 2. The third-order valence-corrected chi connectivity index (χ3v) is 3.09. The topological polar surface area (TPSA) is 43.4 Å². The molecule has 0 N–H and O–H groups in total. The zero-order chi connectivity index (χ0) is 15.2. The van der Waals surface area contributed by atoms with Crippen molar-refractivity contribution in [3.63, 3.8) is 0 Å². The molecule has 0 saturated carbocycles. The van der Waals surface area contributed by atoms with E-state index in [2.05, 4.69) is 4.74 Å². The summed E-state index contributed by atoms with van der Waals surface area (Å²) in [5.74, 6) is -0.684. The van der Waals surface area contributed by atoms with Crippen LogP contribution in [0.2, 0.25) is 0 Å². The number of esters is 1. The van der Waals surface area contributed by atoms with Gasteiger partial charge in [0.25, 0.3) is 0 Å². The molecule has 0 aliphatic heterocycles. The summed E-state index contributed by atoms with van der Waals surface area (Å²) in [7, 11) is 1.32. The van der Waals surface area contributed by atoms with Crippen LogP contribution in [0.15, 0.2) is 48.5 Å². The van der Waals surface area contributed by atoms with E-state index in [9.17, 15) is 14.0 Å². The van der Waals surface area contributed by atoms with Gasteiger partial charge in [-0.3, -0.25) is 4.79 Å². The molecule has 0 aliphatic rings. The molecular formula is C17H15FO3. The van der Waals surface area contributed by atoms with Gasteiger partial charge in [-0.25, -0.2) is 9.18 Å². The van der Waals surface area contributed by atoms with Gasteiger partial charge in [0.15, 0.2) is 0 Å². The van der Waals surface area contributed by atoms with Crippen LogP contribution in [0.1, 0.15) is 21.5 Å². The first-order valence-electron chi connectivity index (χ1n) is 6.52. The second-order valence-electron chi connectivity index (χ2n) is 4.71. The van der Waals surface area contributed by atoms with Gasteiger partial charge in [-0.2, -0.15) is 0 Å². The Morgan fingerprint density at radius 2 is 1.38 bits per heavy atom. The summed E-state index contributed by atoms with van der Waals surface area (Å²) in [6.45, 7) is 0. The predicted molar refractivity (Wildman–Crippen MR) is 76.6 cm³/mol. The summed E-state index contributed by atoms with van der Waals surface area (Å²) >= 11 is 0. The first-order chi connectivity index (χ1) is 10.1. The van der Waals surface area contributed by atoms with Crippen molar-refractivity contribution in [3.05, 3.63) is 71.0 Å². The molecule has 0 bridgehead atoms. The number of hydrogen-bond donors (Lipinski definition) is 0. The van der Waals surface area contributed by atoms with Gasteiger partial charge in [0.1, 0.15) is 11.6 Å². The maximum absolute atomic E-state index is 12.8. The third kappa shape index (κ3) is 4.24. The van der Waals surface area contributed by atoms with E-state index in [1.165, 1.54) is 19.2 Å². The van der Waals surface area contributed by atoms with E-state index in [4.69, 9.17) is 0 Å². The van der Waals surface area contributed by atoms with Crippen molar-refractivity contribution < 1.29 is 18.7 Å². The van der Waals surface area contributed by atoms with Crippen molar-refractivity contribution in [2.24, 2.45) is 0 Å². The van der Waals surface area contributed by atoms with Gasteiger partial charge in [0, 0.05) is 12.8 Å². The smallest absolute Gasteiger partial charge is 0.337 e. The van der Waals surface area contributed by atoms with E-state index >= 15 is 0 Å². The fraction of sp³-hybridized carbons (Fsp3) is 0.176. The van der Waals surface area contributed by atoms with Crippen molar-refractivity contribution in [1.29, 1.82) is 0 Å². The monoisotopic (exact) mass is 286 g/mol. The minimum Gasteiger partial charge on any atom is -0.465 e. The number of ketones is 1. The summed E-state index contributed by atoms with van der Waals surface area (Å²) in [5, 5.41) is 0. The lowest BCUT2D eigenvalue weighted by molar-refractivity contribution is -0.117. The molecule has 4 heteroatoms. The van der Waals surface area contributed by atoms with Gasteiger partial charge in [-0.05, 0) is 35.4 Å². The van der Waals surface area contributed by atoms with Gasteiger partial charge in [-0.1, -0.05) is 24.3 Å². The molecule has 0 amide bonds. The van der Waals surface area contributed by atoms with Crippen LogP contribution >= 0.6 is 0 Å². The Morgan fingerprint density at radius 1 is 0.905 bits per heavy atom. The van der Waals surface area contributed by atoms with E-state index in [0.29, 0.717) is 5.56 Å². The normalized spacial score (nSPS) is 10.2. The molecule has 0 atom stereocenters. The lowest BCUT2D eigenvalue weighted by Crippen LogP contribution is -2.07. The predicted octanol–water partition coefficient (Wildman–Crippen LogP) is 2.97. The molecule has 0 saturated heterocycles. The Hall–Kier alpha value is -2.49. The summed E-state index contributed by atoms with van der Waals surface area (Å²) in [4.78, 5) is 23.3. The van der Waals surface area contributed by atoms with Crippen LogP contribution in [0, 0.1) is 5.82 Å². The number of methoxy groups -OCH3 is 1. The Labute approximate surface area is 122 Å². The molecular weight excluding hydrogens is 271 g/mol. The van der Waals surface area contributed by atoms with Gasteiger partial charge in [0.2, 0.25) is 0 Å². The highest BCUT2D eigenvalue weighted by Crippen LogP contribution is 2.09. The lowest BCUT2D eigenvalue weighted by atomic mass is 10.0. The molecule has 108 valence electrons. The molecule has 0 aromatic heterocycles. The van der Waals surface area contributed by atoms with Crippen molar-refractivity contribution in [3.8, 4) is 0 Å². The average Bonchev–Trinajstić information content (AvgIpc) is 2.49. The van der Waals surface area contributed by atoms with E-state index in [-0.39, 0.29) is 24.4 Å². The fourth-order valence-electron chi connectivity index (χ4n) is 2.00. The zero-order valence-corrected chi connectivity index (χ0v) is 11.6. The van der Waals surface area contributed by atoms with Gasteiger partial charge in [-0.15, -0.1) is 0 Å². The summed E-state index contributed by atoms with van der Waals surface area (Å²) in [6.07, 6.45) is 0.540. The van der Waals surface area contributed by atoms with Crippen LogP contribution < -0.4 is 0 Å². The third-order valence-electron chi connectivity index (χ3n) is 3.09. The molecule has 2 rings (SSSR count). The standard InChI is InChI=1S/C17H15FO3/c1-21-17(20)14-6-2-12(3-7-14)10-16(19)11-13-4-8-15(18)9-5-13/h2-9H,10-11H2,1H3. The summed E-state index contributed by atoms with van der Waals surface area (Å²) < 4.78 is 17.4. The first kappa shape index (κ1) is 14.9. The Bertz CT molecular complexity index is 630. The van der Waals surface area contributed by atoms with Gasteiger partial charge in [0.05, 0.1) is 12.7 Å². The molecule has 0 fully saturated rings. The Morgan fingerprint density at radius 3 is 1.86 bits per heavy atom. The molecule has 2 aromatic carbocycles. The van der Waals surface area contributed by atoms with E-state index < -0.39 is 5.97 Å². The van der Waals surface area contributed by atoms with Gasteiger partial charge < -0.3 is 4.74 Å². The molecule has 21 heavy (non-hydrogen) atoms. The van der Waals surface area contributed by atoms with Crippen molar-refractivity contribution in [2.75, 3.05) is 7.11 Å². The molecule has 0 aliphatic carbocycles. The Balaban J connectivity index is 1.96.